The molecule has 0 saturated carbocycles. The molecule has 17 aromatic carbocycles. The van der Waals surface area contributed by atoms with Crippen LogP contribution < -0.4 is 31.1 Å². The fourth-order valence-corrected chi connectivity index (χ4v) is 19.0. The lowest BCUT2D eigenvalue weighted by molar-refractivity contribution is 0.590. The molecule has 20 aromatic rings. The smallest absolute Gasteiger partial charge is 0.252 e. The third-order valence-corrected chi connectivity index (χ3v) is 24.6. The molecule has 2 aliphatic heterocycles. The maximum absolute atomic E-state index is 2.66. The zero-order valence-electron chi connectivity index (χ0n) is 66.3. The van der Waals surface area contributed by atoms with Gasteiger partial charge >= 0.3 is 0 Å². The van der Waals surface area contributed by atoms with Crippen LogP contribution in [0, 0.1) is 0 Å². The van der Waals surface area contributed by atoms with Gasteiger partial charge in [0.25, 0.3) is 6.71 Å². The summed E-state index contributed by atoms with van der Waals surface area (Å²) >= 11 is 0. The van der Waals surface area contributed by atoms with Gasteiger partial charge in [0.1, 0.15) is 0 Å². The Morgan fingerprint density at radius 1 is 0.214 bits per heavy atom. The number of rotatable bonds is 12. The van der Waals surface area contributed by atoms with Gasteiger partial charge in [-0.15, -0.1) is 0 Å². The van der Waals surface area contributed by atoms with Gasteiger partial charge in [0, 0.05) is 94.9 Å². The monoisotopic (exact) mass is 1500 g/mol. The van der Waals surface area contributed by atoms with Crippen LogP contribution in [0.4, 0.5) is 51.2 Å². The molecule has 0 amide bonds. The summed E-state index contributed by atoms with van der Waals surface area (Å²) in [6, 6.07) is 148. The van der Waals surface area contributed by atoms with Crippen LogP contribution in [-0.2, 0) is 10.8 Å². The van der Waals surface area contributed by atoms with E-state index in [0.29, 0.717) is 0 Å². The molecule has 7 heteroatoms. The summed E-state index contributed by atoms with van der Waals surface area (Å²) in [5.41, 5.74) is 34.8. The number of nitrogens with zero attached hydrogens (tertiary/aromatic N) is 6. The van der Waals surface area contributed by atoms with E-state index in [2.05, 4.69) is 464 Å². The van der Waals surface area contributed by atoms with E-state index in [-0.39, 0.29) is 17.5 Å². The van der Waals surface area contributed by atoms with E-state index in [4.69, 9.17) is 0 Å². The average molecular weight is 1500 g/mol. The highest BCUT2D eigenvalue weighted by atomic mass is 15.2. The number of anilines is 9. The number of para-hydroxylation sites is 5. The molecule has 22 rings (SSSR count). The molecule has 0 bridgehead atoms. The molecule has 6 nitrogen and oxygen atoms in total. The minimum Gasteiger partial charge on any atom is -0.311 e. The summed E-state index contributed by atoms with van der Waals surface area (Å²) in [5.74, 6) is 0. The predicted octanol–water partition coefficient (Wildman–Crippen LogP) is 27.8. The first-order chi connectivity index (χ1) is 57.3. The molecule has 3 aromatic heterocycles. The van der Waals surface area contributed by atoms with Crippen LogP contribution in [0.5, 0.6) is 0 Å². The van der Waals surface area contributed by atoms with Gasteiger partial charge in [0.15, 0.2) is 0 Å². The molecule has 0 N–H and O–H groups in total. The highest BCUT2D eigenvalue weighted by Gasteiger charge is 2.45. The Labute approximate surface area is 683 Å². The number of hydrogen-bond acceptors (Lipinski definition) is 3. The maximum Gasteiger partial charge on any atom is 0.252 e. The fourth-order valence-electron chi connectivity index (χ4n) is 19.0. The number of aromatic nitrogens is 3. The van der Waals surface area contributed by atoms with Gasteiger partial charge in [0.05, 0.1) is 38.8 Å². The number of hydrogen-bond donors (Lipinski definition) is 0. The minimum atomic E-state index is -0.288. The largest absolute Gasteiger partial charge is 0.311 e. The molecule has 0 atom stereocenters. The van der Waals surface area contributed by atoms with Crippen molar-refractivity contribution in [2.45, 2.75) is 52.4 Å². The molecule has 117 heavy (non-hydrogen) atoms. The van der Waals surface area contributed by atoms with Gasteiger partial charge in [-0.25, -0.2) is 0 Å². The molecule has 0 radical (unpaired) electrons. The van der Waals surface area contributed by atoms with Crippen LogP contribution in [0.25, 0.3) is 127 Å². The van der Waals surface area contributed by atoms with Crippen molar-refractivity contribution in [2.75, 3.05) is 14.7 Å². The summed E-state index contributed by atoms with van der Waals surface area (Å²) in [4.78, 5) is 7.69. The Morgan fingerprint density at radius 3 is 0.897 bits per heavy atom. The summed E-state index contributed by atoms with van der Waals surface area (Å²) in [6.07, 6.45) is 0. The SMILES string of the molecule is CC(C)(C)c1ccc2c(c1)c1cc(C(C)(C)C)ccc1n2-c1cc2c3c(c1)N(c1cc(-c4ccccc4)cc(-c4ccccc4)c1)c1cc(-n4c5ccccc5c5cc(N(c6ccccc6)c6ccccc6)ccc54)ccc1B3c1ccc(-n3c4ccccc4c4ccccc43)cc1N2c1cc(-c2ccccc2)cc(-c2ccccc2)c1. The Bertz CT molecular complexity index is 7040. The van der Waals surface area contributed by atoms with E-state index < -0.39 is 0 Å². The molecular weight excluding hydrogens is 1420 g/mol. The number of fused-ring (bicyclic) bond motifs is 13. The normalized spacial score (nSPS) is 12.6. The molecule has 0 fully saturated rings. The zero-order chi connectivity index (χ0) is 78.4. The second kappa shape index (κ2) is 27.2. The van der Waals surface area contributed by atoms with Crippen molar-refractivity contribution >= 4 is 140 Å². The average Bonchev–Trinajstić information content (AvgIpc) is 1.48. The Morgan fingerprint density at radius 2 is 0.521 bits per heavy atom. The first-order valence-corrected chi connectivity index (χ1v) is 40.9. The highest BCUT2D eigenvalue weighted by Crippen LogP contribution is 2.52. The molecule has 0 aliphatic carbocycles. The second-order valence-electron chi connectivity index (χ2n) is 33.7. The molecule has 5 heterocycles. The molecular formula is C110H83BN6. The minimum absolute atomic E-state index is 0.109. The van der Waals surface area contributed by atoms with Crippen molar-refractivity contribution in [1.82, 2.24) is 13.7 Å². The van der Waals surface area contributed by atoms with Crippen LogP contribution in [-0.4, -0.2) is 20.4 Å². The molecule has 2 aliphatic rings. The van der Waals surface area contributed by atoms with Gasteiger partial charge in [-0.3, -0.25) is 0 Å². The standard InChI is InChI=1S/C110H83BN6/c1-109(2,3)80-49-56-101-93(65-80)94-66-81(110(4,5)6)50-57-102(94)115(101)89-70-106-108-107(71-89)117(88-63-78(74-35-17-9-18-36-74)60-79(64-88)75-37-19-10-20-38-75)105-69-86(114-100-48-30-27-45-92(100)95-67-84(53-58-103(95)114)112(82-39-21-11-22-40-82)83-41-23-12-24-42-83)52-55-97(105)111(108)96-54-51-85(113-98-46-28-25-43-90(98)91-44-26-29-47-99(91)113)68-104(96)116(106)87-61-76(72-31-13-7-14-32-72)59-77(62-87)73-33-15-8-16-34-73/h7-71H,1-6H3. The third-order valence-electron chi connectivity index (χ3n) is 24.6. The lowest BCUT2D eigenvalue weighted by atomic mass is 9.33. The lowest BCUT2D eigenvalue weighted by Gasteiger charge is -2.45. The Balaban J connectivity index is 0.887. The van der Waals surface area contributed by atoms with E-state index in [1.54, 1.807) is 0 Å². The van der Waals surface area contributed by atoms with Crippen LogP contribution in [0.15, 0.2) is 394 Å². The second-order valence-corrected chi connectivity index (χ2v) is 33.7. The maximum atomic E-state index is 2.66. The van der Waals surface area contributed by atoms with E-state index >= 15 is 0 Å². The third kappa shape index (κ3) is 11.5. The van der Waals surface area contributed by atoms with E-state index in [0.717, 1.165) is 146 Å². The van der Waals surface area contributed by atoms with Crippen molar-refractivity contribution in [3.63, 3.8) is 0 Å². The van der Waals surface area contributed by atoms with E-state index in [1.807, 2.05) is 0 Å². The summed E-state index contributed by atoms with van der Waals surface area (Å²) in [5, 5.41) is 7.24. The topological polar surface area (TPSA) is 24.5 Å². The number of benzene rings is 17. The highest BCUT2D eigenvalue weighted by molar-refractivity contribution is 7.00. The molecule has 0 spiro atoms. The molecule has 0 saturated heterocycles. The van der Waals surface area contributed by atoms with Crippen LogP contribution in [0.3, 0.4) is 0 Å². The van der Waals surface area contributed by atoms with Gasteiger partial charge in [-0.2, -0.15) is 0 Å². The van der Waals surface area contributed by atoms with Gasteiger partial charge in [-0.1, -0.05) is 278 Å². The summed E-state index contributed by atoms with van der Waals surface area (Å²) < 4.78 is 7.61. The van der Waals surface area contributed by atoms with Crippen molar-refractivity contribution in [2.24, 2.45) is 0 Å². The lowest BCUT2D eigenvalue weighted by Crippen LogP contribution is -2.61. The van der Waals surface area contributed by atoms with Gasteiger partial charge in [0.2, 0.25) is 0 Å². The molecule has 556 valence electrons. The summed E-state index contributed by atoms with van der Waals surface area (Å²) in [7, 11) is 0. The zero-order valence-corrected chi connectivity index (χ0v) is 66.3. The Kier molecular flexibility index (Phi) is 16.1. The van der Waals surface area contributed by atoms with Crippen molar-refractivity contribution in [3.05, 3.63) is 405 Å². The van der Waals surface area contributed by atoms with Crippen LogP contribution in [0.2, 0.25) is 0 Å². The van der Waals surface area contributed by atoms with Crippen LogP contribution in [0.1, 0.15) is 52.7 Å². The first-order valence-electron chi connectivity index (χ1n) is 40.9. The van der Waals surface area contributed by atoms with E-state index in [9.17, 15) is 0 Å². The van der Waals surface area contributed by atoms with Crippen molar-refractivity contribution < 1.29 is 0 Å². The van der Waals surface area contributed by atoms with Crippen LogP contribution >= 0.6 is 0 Å². The fraction of sp³-hybridized carbons (Fsp3) is 0.0727. The summed E-state index contributed by atoms with van der Waals surface area (Å²) in [6.45, 7) is 13.7. The quantitative estimate of drug-likeness (QED) is 0.114. The first kappa shape index (κ1) is 69.3. The molecule has 0 unspecified atom stereocenters. The van der Waals surface area contributed by atoms with Gasteiger partial charge < -0.3 is 28.4 Å². The predicted molar refractivity (Wildman–Crippen MR) is 497 cm³/mol. The van der Waals surface area contributed by atoms with Crippen molar-refractivity contribution in [3.8, 4) is 61.6 Å². The Hall–Kier alpha value is -14.4. The van der Waals surface area contributed by atoms with Crippen molar-refractivity contribution in [1.29, 1.82) is 0 Å². The van der Waals surface area contributed by atoms with E-state index in [1.165, 1.54) is 59.8 Å². The van der Waals surface area contributed by atoms with Gasteiger partial charge in [-0.05, 0) is 241 Å².